The summed E-state index contributed by atoms with van der Waals surface area (Å²) in [5.41, 5.74) is 0.329. The predicted octanol–water partition coefficient (Wildman–Crippen LogP) is 4.37. The van der Waals surface area contributed by atoms with Gasteiger partial charge >= 0.3 is 0 Å². The molecule has 0 radical (unpaired) electrons. The van der Waals surface area contributed by atoms with Crippen LogP contribution in [0, 0.1) is 23.1 Å². The number of benzene rings is 1. The van der Waals surface area contributed by atoms with Crippen LogP contribution in [0.4, 0.5) is 10.2 Å². The highest BCUT2D eigenvalue weighted by atomic mass is 35.5. The summed E-state index contributed by atoms with van der Waals surface area (Å²) in [6, 6.07) is 8.52. The molecule has 2 unspecified atom stereocenters. The van der Waals surface area contributed by atoms with E-state index in [1.165, 1.54) is 12.1 Å². The van der Waals surface area contributed by atoms with Crippen LogP contribution >= 0.6 is 11.6 Å². The van der Waals surface area contributed by atoms with E-state index in [0.717, 1.165) is 32.4 Å². The summed E-state index contributed by atoms with van der Waals surface area (Å²) in [4.78, 5) is 39.8. The first kappa shape index (κ1) is 29.4. The Labute approximate surface area is 256 Å². The Hall–Kier alpha value is -3.68. The highest BCUT2D eigenvalue weighted by Crippen LogP contribution is 2.47. The molecule has 0 saturated carbocycles. The van der Waals surface area contributed by atoms with Crippen molar-refractivity contribution in [2.75, 3.05) is 50.8 Å². The van der Waals surface area contributed by atoms with E-state index in [1.807, 2.05) is 0 Å². The van der Waals surface area contributed by atoms with Gasteiger partial charge in [-0.15, -0.1) is 0 Å². The number of pyridine rings is 1. The predicted molar refractivity (Wildman–Crippen MR) is 161 cm³/mol. The summed E-state index contributed by atoms with van der Waals surface area (Å²) >= 11 is 6.94. The van der Waals surface area contributed by atoms with Crippen molar-refractivity contribution in [3.05, 3.63) is 53.3 Å². The summed E-state index contributed by atoms with van der Waals surface area (Å²) in [7, 11) is 0. The maximum atomic E-state index is 15.2. The minimum atomic E-state index is -0.474. The third-order valence-electron chi connectivity index (χ3n) is 9.41. The van der Waals surface area contributed by atoms with Crippen LogP contribution in [0.15, 0.2) is 36.9 Å². The quantitative estimate of drug-likeness (QED) is 0.477. The van der Waals surface area contributed by atoms with Crippen molar-refractivity contribution in [2.24, 2.45) is 5.92 Å². The summed E-state index contributed by atoms with van der Waals surface area (Å²) < 4.78 is 21.5. The monoisotopic (exact) mass is 606 g/mol. The summed E-state index contributed by atoms with van der Waals surface area (Å²) in [6.45, 7) is 11.3. The van der Waals surface area contributed by atoms with E-state index in [4.69, 9.17) is 21.3 Å². The van der Waals surface area contributed by atoms with Gasteiger partial charge in [0, 0.05) is 49.2 Å². The van der Waals surface area contributed by atoms with Gasteiger partial charge in [-0.05, 0) is 64.4 Å². The number of nitrogens with zero attached hydrogens (tertiary/aromatic N) is 6. The maximum absolute atomic E-state index is 15.2. The average molecular weight is 607 g/mol. The smallest absolute Gasteiger partial charge is 0.261 e. The number of nitriles is 1. The first-order valence-corrected chi connectivity index (χ1v) is 15.3. The van der Waals surface area contributed by atoms with Crippen LogP contribution in [0.25, 0.3) is 11.3 Å². The summed E-state index contributed by atoms with van der Waals surface area (Å²) in [5.74, 6) is -0.227. The Morgan fingerprint density at radius 3 is 2.63 bits per heavy atom. The van der Waals surface area contributed by atoms with Crippen molar-refractivity contribution in [2.45, 2.75) is 50.7 Å². The number of ether oxygens (including phenoxy) is 1. The van der Waals surface area contributed by atoms with Crippen LogP contribution in [0.3, 0.4) is 0 Å². The Balaban J connectivity index is 1.43. The number of fused-ring (bicyclic) bond motifs is 2. The van der Waals surface area contributed by atoms with E-state index in [-0.39, 0.29) is 69.6 Å². The molecule has 226 valence electrons. The van der Waals surface area contributed by atoms with Gasteiger partial charge in [-0.3, -0.25) is 14.5 Å². The second kappa shape index (κ2) is 11.4. The normalized spacial score (nSPS) is 24.1. The highest BCUT2D eigenvalue weighted by Gasteiger charge is 2.47. The molecule has 0 N–H and O–H groups in total. The second-order valence-electron chi connectivity index (χ2n) is 12.5. The fraction of sp³-hybridized carbons (Fsp3) is 0.500. The van der Waals surface area contributed by atoms with Gasteiger partial charge in [-0.25, -0.2) is 9.37 Å². The molecule has 9 nitrogen and oxygen atoms in total. The molecule has 11 heteroatoms. The van der Waals surface area contributed by atoms with Gasteiger partial charge in [-0.1, -0.05) is 30.3 Å². The number of amides is 2. The number of hydrogen-bond donors (Lipinski definition) is 0. The molecule has 0 spiro atoms. The molecular formula is C32H36ClFN6O3. The maximum Gasteiger partial charge on any atom is 0.261 e. The molecule has 2 amide bonds. The van der Waals surface area contributed by atoms with E-state index in [0.29, 0.717) is 32.0 Å². The number of rotatable bonds is 4. The van der Waals surface area contributed by atoms with Crippen LogP contribution in [0.1, 0.15) is 43.5 Å². The standard InChI is InChI=1S/C32H36ClFN6O3/c1-4-25(41)38-13-14-39-22(17-38)19-43-29-26(31(39)42)30(36-28(27(29)33)23-7-5-6-8-24(23)34)40-18-21(15-32(40,2)3)37-11-9-20(16-35)10-12-37/h4-8,20-22H,1,9-15,17-19H2,2-3H3. The number of likely N-dealkylation sites (tertiary alicyclic amines) is 1. The number of halogens is 2. The molecular weight excluding hydrogens is 571 g/mol. The Kier molecular flexibility index (Phi) is 7.82. The zero-order valence-corrected chi connectivity index (χ0v) is 25.3. The van der Waals surface area contributed by atoms with Crippen LogP contribution in [-0.4, -0.2) is 95.0 Å². The molecule has 2 aromatic rings. The highest BCUT2D eigenvalue weighted by molar-refractivity contribution is 6.35. The number of carbonyl (C=O) groups excluding carboxylic acids is 2. The molecule has 3 saturated heterocycles. The molecule has 3 fully saturated rings. The lowest BCUT2D eigenvalue weighted by Crippen LogP contribution is -2.57. The minimum absolute atomic E-state index is 0.0863. The van der Waals surface area contributed by atoms with Crippen molar-refractivity contribution in [3.63, 3.8) is 0 Å². The van der Waals surface area contributed by atoms with Crippen LogP contribution < -0.4 is 9.64 Å². The lowest BCUT2D eigenvalue weighted by Gasteiger charge is -2.40. The molecule has 0 aliphatic carbocycles. The SMILES string of the molecule is C=CC(=O)N1CCN2C(=O)c3c(N4CC(N5CCC(C#N)CC5)CC4(C)C)nc(-c4ccccc4F)c(Cl)c3OCC2C1. The van der Waals surface area contributed by atoms with E-state index in [1.54, 1.807) is 28.0 Å². The third-order valence-corrected chi connectivity index (χ3v) is 9.76. The van der Waals surface area contributed by atoms with E-state index >= 15 is 4.39 Å². The van der Waals surface area contributed by atoms with Gasteiger partial charge in [-0.2, -0.15) is 5.26 Å². The van der Waals surface area contributed by atoms with Gasteiger partial charge in [0.15, 0.2) is 5.75 Å². The molecule has 1 aromatic carbocycles. The molecule has 4 aliphatic heterocycles. The molecule has 43 heavy (non-hydrogen) atoms. The molecule has 4 aliphatic rings. The van der Waals surface area contributed by atoms with Gasteiger partial charge < -0.3 is 19.4 Å². The fourth-order valence-corrected chi connectivity index (χ4v) is 7.32. The van der Waals surface area contributed by atoms with Gasteiger partial charge in [0.05, 0.1) is 17.8 Å². The second-order valence-corrected chi connectivity index (χ2v) is 12.8. The summed E-state index contributed by atoms with van der Waals surface area (Å²) in [5, 5.41) is 9.47. The zero-order chi connectivity index (χ0) is 30.5. The number of aromatic nitrogens is 1. The first-order chi connectivity index (χ1) is 20.6. The molecule has 1 aromatic heterocycles. The van der Waals surface area contributed by atoms with Crippen LogP contribution in [0.2, 0.25) is 5.02 Å². The van der Waals surface area contributed by atoms with Crippen molar-refractivity contribution in [3.8, 4) is 23.1 Å². The zero-order valence-electron chi connectivity index (χ0n) is 24.6. The number of piperidine rings is 1. The van der Waals surface area contributed by atoms with Crippen LogP contribution in [0.5, 0.6) is 5.75 Å². The van der Waals surface area contributed by atoms with E-state index < -0.39 is 5.82 Å². The fourth-order valence-electron chi connectivity index (χ4n) is 7.02. The van der Waals surface area contributed by atoms with Gasteiger partial charge in [0.25, 0.3) is 5.91 Å². The van der Waals surface area contributed by atoms with Crippen LogP contribution in [-0.2, 0) is 4.79 Å². The Bertz CT molecular complexity index is 1500. The number of hydrogen-bond acceptors (Lipinski definition) is 7. The van der Waals surface area contributed by atoms with Crippen molar-refractivity contribution >= 4 is 29.2 Å². The topological polar surface area (TPSA) is 93.0 Å². The summed E-state index contributed by atoms with van der Waals surface area (Å²) in [6.07, 6.45) is 3.79. The third kappa shape index (κ3) is 5.23. The van der Waals surface area contributed by atoms with Crippen molar-refractivity contribution < 1.29 is 18.7 Å². The van der Waals surface area contributed by atoms with Crippen molar-refractivity contribution in [1.82, 2.24) is 19.7 Å². The van der Waals surface area contributed by atoms with E-state index in [2.05, 4.69) is 36.3 Å². The molecule has 2 atom stereocenters. The molecule has 0 bridgehead atoms. The molecule has 5 heterocycles. The minimum Gasteiger partial charge on any atom is -0.489 e. The first-order valence-electron chi connectivity index (χ1n) is 14.9. The van der Waals surface area contributed by atoms with Crippen molar-refractivity contribution in [1.29, 1.82) is 5.26 Å². The Morgan fingerprint density at radius 1 is 1.19 bits per heavy atom. The number of anilines is 1. The lowest BCUT2D eigenvalue weighted by atomic mass is 9.94. The van der Waals surface area contributed by atoms with E-state index in [9.17, 15) is 14.9 Å². The largest absolute Gasteiger partial charge is 0.489 e. The Morgan fingerprint density at radius 2 is 1.93 bits per heavy atom. The van der Waals surface area contributed by atoms with Gasteiger partial charge in [0.1, 0.15) is 28.8 Å². The molecule has 6 rings (SSSR count). The lowest BCUT2D eigenvalue weighted by molar-refractivity contribution is -0.128. The number of piperazine rings is 1. The van der Waals surface area contributed by atoms with Gasteiger partial charge in [0.2, 0.25) is 5.91 Å². The number of carbonyl (C=O) groups is 2. The average Bonchev–Trinajstić information content (AvgIpc) is 3.25.